The fourth-order valence-electron chi connectivity index (χ4n) is 5.24. The standard InChI is InChI=1S/C25H35N5O2/c1-18-14-28(15-19(2)32-18)16-22-9-6-12-29(22)17-25(31)26-24-13-23(20-10-11-20)27-30(24)21-7-4-3-5-8-21/h3-5,7-8,13,18-20,22H,6,9-12,14-17H2,1-2H3,(H,26,31)/t18-,19-,22+/m1/s1. The number of carbonyl (C=O) groups excluding carboxylic acids is 1. The number of amides is 1. The van der Waals surface area contributed by atoms with Crippen molar-refractivity contribution in [1.82, 2.24) is 19.6 Å². The average Bonchev–Trinajstić information content (AvgIpc) is 3.40. The van der Waals surface area contributed by atoms with E-state index in [4.69, 9.17) is 9.84 Å². The molecule has 1 aliphatic carbocycles. The molecule has 0 spiro atoms. The summed E-state index contributed by atoms with van der Waals surface area (Å²) in [5.74, 6) is 1.35. The number of ether oxygens (including phenoxy) is 1. The van der Waals surface area contributed by atoms with Crippen LogP contribution in [0.2, 0.25) is 0 Å². The van der Waals surface area contributed by atoms with Crippen LogP contribution < -0.4 is 5.32 Å². The lowest BCUT2D eigenvalue weighted by atomic mass is 10.1. The van der Waals surface area contributed by atoms with Gasteiger partial charge >= 0.3 is 0 Å². The molecule has 32 heavy (non-hydrogen) atoms. The van der Waals surface area contributed by atoms with Crippen molar-refractivity contribution >= 4 is 11.7 Å². The molecule has 1 saturated carbocycles. The predicted octanol–water partition coefficient (Wildman–Crippen LogP) is 3.26. The number of para-hydroxylation sites is 1. The molecule has 1 N–H and O–H groups in total. The number of nitrogens with zero attached hydrogens (tertiary/aromatic N) is 4. The number of hydrogen-bond acceptors (Lipinski definition) is 5. The van der Waals surface area contributed by atoms with E-state index in [0.29, 0.717) is 18.5 Å². The molecule has 5 rings (SSSR count). The lowest BCUT2D eigenvalue weighted by Crippen LogP contribution is -2.50. The predicted molar refractivity (Wildman–Crippen MR) is 125 cm³/mol. The molecule has 172 valence electrons. The maximum Gasteiger partial charge on any atom is 0.239 e. The second kappa shape index (κ2) is 9.33. The average molecular weight is 438 g/mol. The lowest BCUT2D eigenvalue weighted by Gasteiger charge is -2.38. The Balaban J connectivity index is 1.23. The Bertz CT molecular complexity index is 916. The third kappa shape index (κ3) is 5.05. The van der Waals surface area contributed by atoms with Crippen LogP contribution in [0.3, 0.4) is 0 Å². The van der Waals surface area contributed by atoms with Gasteiger partial charge in [-0.15, -0.1) is 0 Å². The number of morpholine rings is 1. The number of likely N-dealkylation sites (tertiary alicyclic amines) is 1. The summed E-state index contributed by atoms with van der Waals surface area (Å²) < 4.78 is 7.76. The molecular weight excluding hydrogens is 402 g/mol. The zero-order chi connectivity index (χ0) is 22.1. The van der Waals surface area contributed by atoms with Crippen LogP contribution >= 0.6 is 0 Å². The van der Waals surface area contributed by atoms with Crippen molar-refractivity contribution in [2.24, 2.45) is 0 Å². The maximum atomic E-state index is 13.1. The number of aromatic nitrogens is 2. The monoisotopic (exact) mass is 437 g/mol. The SMILES string of the molecule is C[C@@H]1CN(C[C@@H]2CCCN2CC(=O)Nc2cc(C3CC3)nn2-c2ccccc2)C[C@@H](C)O1. The Hall–Kier alpha value is -2.22. The number of carbonyl (C=O) groups is 1. The summed E-state index contributed by atoms with van der Waals surface area (Å²) >= 11 is 0. The minimum Gasteiger partial charge on any atom is -0.373 e. The van der Waals surface area contributed by atoms with Gasteiger partial charge in [-0.3, -0.25) is 14.6 Å². The van der Waals surface area contributed by atoms with Gasteiger partial charge in [-0.05, 0) is 58.2 Å². The third-order valence-corrected chi connectivity index (χ3v) is 6.80. The van der Waals surface area contributed by atoms with Gasteiger partial charge in [-0.1, -0.05) is 18.2 Å². The van der Waals surface area contributed by atoms with Crippen molar-refractivity contribution in [2.45, 2.75) is 63.7 Å². The first-order chi connectivity index (χ1) is 15.5. The van der Waals surface area contributed by atoms with E-state index in [1.807, 2.05) is 35.0 Å². The summed E-state index contributed by atoms with van der Waals surface area (Å²) in [7, 11) is 0. The largest absolute Gasteiger partial charge is 0.373 e. The highest BCUT2D eigenvalue weighted by Crippen LogP contribution is 2.40. The quantitative estimate of drug-likeness (QED) is 0.720. The van der Waals surface area contributed by atoms with Crippen molar-refractivity contribution in [3.63, 3.8) is 0 Å². The molecule has 3 atom stereocenters. The van der Waals surface area contributed by atoms with E-state index in [2.05, 4.69) is 35.0 Å². The van der Waals surface area contributed by atoms with Gasteiger partial charge in [0.1, 0.15) is 5.82 Å². The Morgan fingerprint density at radius 3 is 2.59 bits per heavy atom. The summed E-state index contributed by atoms with van der Waals surface area (Å²) in [6.07, 6.45) is 5.23. The van der Waals surface area contributed by atoms with Crippen LogP contribution in [-0.2, 0) is 9.53 Å². The fraction of sp³-hybridized carbons (Fsp3) is 0.600. The molecule has 0 unspecified atom stereocenters. The van der Waals surface area contributed by atoms with Crippen molar-refractivity contribution in [2.75, 3.05) is 38.0 Å². The third-order valence-electron chi connectivity index (χ3n) is 6.80. The Morgan fingerprint density at radius 2 is 1.88 bits per heavy atom. The molecule has 2 aliphatic heterocycles. The Morgan fingerprint density at radius 1 is 1.12 bits per heavy atom. The number of hydrogen-bond donors (Lipinski definition) is 1. The molecule has 1 aromatic heterocycles. The van der Waals surface area contributed by atoms with Crippen LogP contribution in [0, 0.1) is 0 Å². The first kappa shape index (κ1) is 21.6. The normalized spacial score (nSPS) is 27.0. The highest BCUT2D eigenvalue weighted by molar-refractivity contribution is 5.91. The van der Waals surface area contributed by atoms with Crippen LogP contribution in [0.1, 0.15) is 51.1 Å². The summed E-state index contributed by atoms with van der Waals surface area (Å²) in [5.41, 5.74) is 2.06. The lowest BCUT2D eigenvalue weighted by molar-refractivity contribution is -0.118. The van der Waals surface area contributed by atoms with Crippen LogP contribution in [0.4, 0.5) is 5.82 Å². The van der Waals surface area contributed by atoms with E-state index in [0.717, 1.165) is 56.2 Å². The van der Waals surface area contributed by atoms with E-state index in [-0.39, 0.29) is 18.1 Å². The Labute approximate surface area is 190 Å². The molecular formula is C25H35N5O2. The fourth-order valence-corrected chi connectivity index (χ4v) is 5.24. The molecule has 3 fully saturated rings. The zero-order valence-corrected chi connectivity index (χ0v) is 19.2. The number of benzene rings is 1. The molecule has 7 heteroatoms. The molecule has 2 saturated heterocycles. The highest BCUT2D eigenvalue weighted by atomic mass is 16.5. The minimum absolute atomic E-state index is 0.0417. The smallest absolute Gasteiger partial charge is 0.239 e. The van der Waals surface area contributed by atoms with Gasteiger partial charge in [0.15, 0.2) is 0 Å². The van der Waals surface area contributed by atoms with E-state index < -0.39 is 0 Å². The molecule has 2 aromatic rings. The van der Waals surface area contributed by atoms with Gasteiger partial charge in [-0.2, -0.15) is 5.10 Å². The molecule has 3 heterocycles. The molecule has 3 aliphatic rings. The molecule has 1 aromatic carbocycles. The summed E-state index contributed by atoms with van der Waals surface area (Å²) in [5, 5.41) is 7.97. The number of nitrogens with one attached hydrogen (secondary N) is 1. The molecule has 7 nitrogen and oxygen atoms in total. The van der Waals surface area contributed by atoms with Crippen molar-refractivity contribution < 1.29 is 9.53 Å². The van der Waals surface area contributed by atoms with E-state index in [1.54, 1.807) is 0 Å². The van der Waals surface area contributed by atoms with Gasteiger partial charge in [0.2, 0.25) is 5.91 Å². The van der Waals surface area contributed by atoms with Crippen LogP contribution in [0.15, 0.2) is 36.4 Å². The number of anilines is 1. The van der Waals surface area contributed by atoms with Crippen LogP contribution in [0.5, 0.6) is 0 Å². The van der Waals surface area contributed by atoms with E-state index >= 15 is 0 Å². The zero-order valence-electron chi connectivity index (χ0n) is 19.2. The summed E-state index contributed by atoms with van der Waals surface area (Å²) in [6, 6.07) is 12.5. The second-order valence-corrected chi connectivity index (χ2v) is 9.77. The first-order valence-corrected chi connectivity index (χ1v) is 12.1. The van der Waals surface area contributed by atoms with Gasteiger partial charge in [0.25, 0.3) is 0 Å². The minimum atomic E-state index is 0.0417. The summed E-state index contributed by atoms with van der Waals surface area (Å²) in [4.78, 5) is 17.9. The summed E-state index contributed by atoms with van der Waals surface area (Å²) in [6.45, 7) is 8.67. The van der Waals surface area contributed by atoms with Gasteiger partial charge < -0.3 is 10.1 Å². The molecule has 0 radical (unpaired) electrons. The van der Waals surface area contributed by atoms with E-state index in [9.17, 15) is 4.79 Å². The maximum absolute atomic E-state index is 13.1. The molecule has 1 amide bonds. The van der Waals surface area contributed by atoms with Crippen LogP contribution in [0.25, 0.3) is 5.69 Å². The Kier molecular flexibility index (Phi) is 6.31. The van der Waals surface area contributed by atoms with Gasteiger partial charge in [-0.25, -0.2) is 4.68 Å². The van der Waals surface area contributed by atoms with Gasteiger partial charge in [0, 0.05) is 37.7 Å². The molecule has 0 bridgehead atoms. The highest BCUT2D eigenvalue weighted by Gasteiger charge is 2.32. The second-order valence-electron chi connectivity index (χ2n) is 9.77. The van der Waals surface area contributed by atoms with E-state index in [1.165, 1.54) is 12.8 Å². The van der Waals surface area contributed by atoms with Crippen molar-refractivity contribution in [3.8, 4) is 5.69 Å². The topological polar surface area (TPSA) is 62.6 Å². The van der Waals surface area contributed by atoms with Crippen molar-refractivity contribution in [3.05, 3.63) is 42.1 Å². The van der Waals surface area contributed by atoms with Gasteiger partial charge in [0.05, 0.1) is 30.1 Å². The van der Waals surface area contributed by atoms with Crippen molar-refractivity contribution in [1.29, 1.82) is 0 Å². The van der Waals surface area contributed by atoms with Crippen LogP contribution in [-0.4, -0.2) is 76.5 Å². The number of rotatable bonds is 7. The first-order valence-electron chi connectivity index (χ1n) is 12.1.